The monoisotopic (exact) mass is 239 g/mol. The molecule has 0 spiro atoms. The Kier molecular flexibility index (Phi) is 4.20. The van der Waals surface area contributed by atoms with Gasteiger partial charge in [0.1, 0.15) is 5.82 Å². The van der Waals surface area contributed by atoms with E-state index in [9.17, 15) is 9.30 Å². The molecule has 0 bridgehead atoms. The van der Waals surface area contributed by atoms with Crippen molar-refractivity contribution in [3.8, 4) is 0 Å². The van der Waals surface area contributed by atoms with Crippen molar-refractivity contribution in [1.29, 1.82) is 0 Å². The largest absolute Gasteiger partial charge is 0.383 e. The lowest BCUT2D eigenvalue weighted by Gasteiger charge is -2.05. The molecule has 0 heterocycles. The van der Waals surface area contributed by atoms with E-state index in [-0.39, 0.29) is 16.2 Å². The van der Waals surface area contributed by atoms with Gasteiger partial charge in [0.25, 0.3) is 4.92 Å². The Hall–Kier alpha value is -1.91. The average molecular weight is 239 g/mol. The number of rotatable bonds is 4. The van der Waals surface area contributed by atoms with Crippen LogP contribution in [0.3, 0.4) is 0 Å². The van der Waals surface area contributed by atoms with E-state index in [1.54, 1.807) is 30.2 Å². The second-order valence-electron chi connectivity index (χ2n) is 3.85. The fourth-order valence-corrected chi connectivity index (χ4v) is 1.33. The predicted octanol–water partition coefficient (Wildman–Crippen LogP) is 2.64. The molecule has 0 saturated carbocycles. The summed E-state index contributed by atoms with van der Waals surface area (Å²) in [5.74, 6) is -0.418. The Bertz CT molecular complexity index is 456. The van der Waals surface area contributed by atoms with Crippen molar-refractivity contribution in [2.75, 3.05) is 21.2 Å². The predicted molar refractivity (Wildman–Crippen MR) is 64.2 cm³/mol. The lowest BCUT2D eigenvalue weighted by Crippen LogP contribution is -2.04. The van der Waals surface area contributed by atoms with Crippen molar-refractivity contribution in [1.82, 2.24) is 4.90 Å². The summed E-state index contributed by atoms with van der Waals surface area (Å²) in [7, 11) is 4.87. The van der Waals surface area contributed by atoms with E-state index >= 15 is 0 Å². The number of halogens is 1. The molecule has 0 fully saturated rings. The molecule has 0 amide bonds. The topological polar surface area (TPSA) is 32.6 Å². The van der Waals surface area contributed by atoms with Crippen molar-refractivity contribution < 1.29 is 14.2 Å². The first-order valence-corrected chi connectivity index (χ1v) is 5.12. The first-order valence-electron chi connectivity index (χ1n) is 5.12. The van der Waals surface area contributed by atoms with Crippen molar-refractivity contribution >= 4 is 11.8 Å². The van der Waals surface area contributed by atoms with Gasteiger partial charge in [0.2, 0.25) is 0 Å². The van der Waals surface area contributed by atoms with Crippen molar-refractivity contribution in [3.63, 3.8) is 0 Å². The smallest absolute Gasteiger partial charge is 0.326 e. The Morgan fingerprint density at radius 1 is 1.41 bits per heavy atom. The molecule has 0 saturated heterocycles. The normalized spacial score (nSPS) is 10.6. The lowest BCUT2D eigenvalue weighted by atomic mass is 10.1. The third kappa shape index (κ3) is 3.03. The minimum atomic E-state index is -0.418. The third-order valence-electron chi connectivity index (χ3n) is 2.25. The molecule has 0 aromatic heterocycles. The Morgan fingerprint density at radius 2 is 2.06 bits per heavy atom. The van der Waals surface area contributed by atoms with Gasteiger partial charge >= 0.3 is 5.69 Å². The van der Waals surface area contributed by atoms with E-state index < -0.39 is 5.82 Å². The molecule has 1 aromatic rings. The molecule has 0 aliphatic carbocycles. The van der Waals surface area contributed by atoms with Gasteiger partial charge in [-0.3, -0.25) is 0 Å². The van der Waals surface area contributed by atoms with E-state index in [2.05, 4.69) is 4.84 Å². The van der Waals surface area contributed by atoms with Gasteiger partial charge in [-0.15, -0.1) is 0 Å². The first kappa shape index (κ1) is 13.2. The second-order valence-corrected chi connectivity index (χ2v) is 3.85. The summed E-state index contributed by atoms with van der Waals surface area (Å²) in [6.45, 7) is 1.65. The second kappa shape index (κ2) is 5.43. The van der Waals surface area contributed by atoms with E-state index in [0.29, 0.717) is 5.56 Å². The van der Waals surface area contributed by atoms with E-state index in [0.717, 1.165) is 0 Å². The molecule has 0 unspecified atom stereocenters. The first-order chi connectivity index (χ1) is 7.97. The molecule has 0 aliphatic heterocycles. The zero-order chi connectivity index (χ0) is 13.0. The minimum absolute atomic E-state index is 0.147. The molecule has 0 atom stereocenters. The zero-order valence-corrected chi connectivity index (χ0v) is 10.4. The molecule has 1 rings (SSSR count). The summed E-state index contributed by atoms with van der Waals surface area (Å²) >= 11 is 0. The summed E-state index contributed by atoms with van der Waals surface area (Å²) in [4.78, 5) is 18.0. The van der Waals surface area contributed by atoms with Crippen LogP contribution in [0.15, 0.2) is 18.3 Å². The molecule has 5 heteroatoms. The van der Waals surface area contributed by atoms with Crippen LogP contribution < -0.4 is 0 Å². The third-order valence-corrected chi connectivity index (χ3v) is 2.25. The Labute approximate surface area is 99.8 Å². The van der Waals surface area contributed by atoms with Gasteiger partial charge in [-0.25, -0.2) is 9.23 Å². The van der Waals surface area contributed by atoms with Crippen molar-refractivity contribution in [2.45, 2.75) is 6.92 Å². The number of benzene rings is 1. The Morgan fingerprint density at radius 3 is 2.59 bits per heavy atom. The van der Waals surface area contributed by atoms with E-state index in [4.69, 9.17) is 0 Å². The molecular formula is C12H16FN2O2+. The van der Waals surface area contributed by atoms with Crippen LogP contribution in [0.5, 0.6) is 0 Å². The highest BCUT2D eigenvalue weighted by atomic mass is 19.1. The molecule has 17 heavy (non-hydrogen) atoms. The van der Waals surface area contributed by atoms with Gasteiger partial charge in [0, 0.05) is 20.2 Å². The highest BCUT2D eigenvalue weighted by molar-refractivity contribution is 5.62. The molecular weight excluding hydrogens is 223 g/mol. The maximum atomic E-state index is 13.9. The summed E-state index contributed by atoms with van der Waals surface area (Å²) in [5, 5.41) is 0. The van der Waals surface area contributed by atoms with E-state index in [1.165, 1.54) is 13.2 Å². The zero-order valence-electron chi connectivity index (χ0n) is 10.4. The highest BCUT2D eigenvalue weighted by Gasteiger charge is 2.23. The van der Waals surface area contributed by atoms with Crippen LogP contribution in [0.25, 0.3) is 6.08 Å². The number of nitrogens with zero attached hydrogens (tertiary/aromatic N) is 2. The van der Waals surface area contributed by atoms with Gasteiger partial charge in [-0.1, -0.05) is 0 Å². The molecule has 0 N–H and O–H groups in total. The molecule has 0 radical (unpaired) electrons. The van der Waals surface area contributed by atoms with Gasteiger partial charge in [-0.05, 0) is 30.8 Å². The number of aryl methyl sites for hydroxylation is 1. The van der Waals surface area contributed by atoms with Crippen LogP contribution >= 0.6 is 0 Å². The molecule has 0 aliphatic rings. The van der Waals surface area contributed by atoms with Crippen molar-refractivity contribution in [2.24, 2.45) is 0 Å². The van der Waals surface area contributed by atoms with Crippen LogP contribution in [0.1, 0.15) is 11.1 Å². The summed E-state index contributed by atoms with van der Waals surface area (Å²) in [6.07, 6.45) is 3.21. The quantitative estimate of drug-likeness (QED) is 0.757. The minimum Gasteiger partial charge on any atom is -0.383 e. The molecule has 4 nitrogen and oxygen atoms in total. The summed E-state index contributed by atoms with van der Waals surface area (Å²) < 4.78 is 13.9. The average Bonchev–Trinajstić information content (AvgIpc) is 2.29. The van der Waals surface area contributed by atoms with Gasteiger partial charge in [0.15, 0.2) is 7.11 Å². The SMILES string of the molecule is CO[N+](=O)c1ccc(C)c(F)c1/C=C/N(C)C. The lowest BCUT2D eigenvalue weighted by molar-refractivity contribution is -0.736. The van der Waals surface area contributed by atoms with Crippen LogP contribution in [0, 0.1) is 17.6 Å². The van der Waals surface area contributed by atoms with E-state index in [1.807, 2.05) is 14.1 Å². The van der Waals surface area contributed by atoms with Crippen LogP contribution in [0.2, 0.25) is 0 Å². The number of hydrogen-bond donors (Lipinski definition) is 0. The van der Waals surface area contributed by atoms with Crippen LogP contribution in [-0.2, 0) is 4.84 Å². The standard InChI is InChI=1S/C12H16FN2O2/c1-9-5-6-11(15(16)17-4)10(12(9)13)7-8-14(2)3/h5-8H,1-4H3/q+1/b8-7+. The highest BCUT2D eigenvalue weighted by Crippen LogP contribution is 2.25. The molecule has 92 valence electrons. The number of hydrogen-bond acceptors (Lipinski definition) is 3. The van der Waals surface area contributed by atoms with Gasteiger partial charge < -0.3 is 4.90 Å². The van der Waals surface area contributed by atoms with Crippen LogP contribution in [-0.4, -0.2) is 31.0 Å². The fourth-order valence-electron chi connectivity index (χ4n) is 1.33. The van der Waals surface area contributed by atoms with Gasteiger partial charge in [0.05, 0.1) is 10.5 Å². The maximum absolute atomic E-state index is 13.9. The maximum Gasteiger partial charge on any atom is 0.326 e. The summed E-state index contributed by atoms with van der Waals surface area (Å²) in [5.41, 5.74) is 0.848. The van der Waals surface area contributed by atoms with Crippen molar-refractivity contribution in [3.05, 3.63) is 40.2 Å². The summed E-state index contributed by atoms with van der Waals surface area (Å²) in [6, 6.07) is 3.08. The Balaban J connectivity index is 3.31. The van der Waals surface area contributed by atoms with Gasteiger partial charge in [-0.2, -0.15) is 0 Å². The van der Waals surface area contributed by atoms with Crippen LogP contribution in [0.4, 0.5) is 10.1 Å². The molecule has 1 aromatic carbocycles. The fraction of sp³-hybridized carbons (Fsp3) is 0.333.